The van der Waals surface area contributed by atoms with Crippen molar-refractivity contribution in [3.63, 3.8) is 0 Å². The zero-order valence-electron chi connectivity index (χ0n) is 17.0. The molecule has 3 aromatic rings. The maximum atomic E-state index is 12.7. The van der Waals surface area contributed by atoms with Crippen LogP contribution in [0.1, 0.15) is 29.8 Å². The first-order valence-electron chi connectivity index (χ1n) is 9.29. The fraction of sp³-hybridized carbons (Fsp3) is 0.273. The number of halogens is 2. The Hall–Kier alpha value is -1.96. The minimum atomic E-state index is -0.339. The van der Waals surface area contributed by atoms with Crippen LogP contribution in [0.4, 0.5) is 5.69 Å². The molecular weight excluding hydrogens is 439 g/mol. The molecule has 1 aromatic heterocycles. The van der Waals surface area contributed by atoms with Crippen LogP contribution in [-0.2, 0) is 17.9 Å². The lowest BCUT2D eigenvalue weighted by Gasteiger charge is -2.20. The van der Waals surface area contributed by atoms with E-state index in [-0.39, 0.29) is 42.7 Å². The number of hydrogen-bond donors (Lipinski definition) is 2. The van der Waals surface area contributed by atoms with Crippen LogP contribution in [0, 0.1) is 5.92 Å². The van der Waals surface area contributed by atoms with Crippen molar-refractivity contribution in [3.8, 4) is 0 Å². The smallest absolute Gasteiger partial charge is 0.229 e. The van der Waals surface area contributed by atoms with E-state index in [1.54, 1.807) is 11.3 Å². The van der Waals surface area contributed by atoms with Crippen molar-refractivity contribution in [1.82, 2.24) is 9.88 Å². The van der Waals surface area contributed by atoms with Crippen LogP contribution < -0.4 is 11.1 Å². The van der Waals surface area contributed by atoms with Gasteiger partial charge in [-0.05, 0) is 30.3 Å². The summed E-state index contributed by atoms with van der Waals surface area (Å²) in [6.45, 7) is 3.43. The molecule has 162 valence electrons. The largest absolute Gasteiger partial charge is 0.326 e. The molecule has 3 rings (SSSR count). The van der Waals surface area contributed by atoms with Gasteiger partial charge in [-0.15, -0.1) is 36.2 Å². The second-order valence-electron chi connectivity index (χ2n) is 7.07. The molecular formula is C22H28Cl2N4OS. The standard InChI is InChI=1S/C22H26N4OS.2ClH/c1-16(21(23)18-8-4-3-5-9-18)22(27)25-19-10-6-7-17(11-19)12-26(2)13-20-14-28-15-24-20;;/h3-11,14-16,21H,12-13,23H2,1-2H3,(H,25,27);2*1H. The van der Waals surface area contributed by atoms with Crippen LogP contribution in [-0.4, -0.2) is 22.8 Å². The fourth-order valence-electron chi connectivity index (χ4n) is 3.09. The molecule has 2 aromatic carbocycles. The summed E-state index contributed by atoms with van der Waals surface area (Å²) >= 11 is 1.60. The molecule has 30 heavy (non-hydrogen) atoms. The molecule has 0 bridgehead atoms. The van der Waals surface area contributed by atoms with Gasteiger partial charge in [0, 0.05) is 30.2 Å². The highest BCUT2D eigenvalue weighted by molar-refractivity contribution is 7.07. The first kappa shape index (κ1) is 26.1. The Morgan fingerprint density at radius 2 is 1.87 bits per heavy atom. The van der Waals surface area contributed by atoms with Gasteiger partial charge in [0.15, 0.2) is 0 Å². The summed E-state index contributed by atoms with van der Waals surface area (Å²) < 4.78 is 0. The highest BCUT2D eigenvalue weighted by atomic mass is 35.5. The second-order valence-corrected chi connectivity index (χ2v) is 7.79. The lowest BCUT2D eigenvalue weighted by molar-refractivity contribution is -0.120. The number of aromatic nitrogens is 1. The van der Waals surface area contributed by atoms with Gasteiger partial charge in [0.1, 0.15) is 0 Å². The number of carbonyl (C=O) groups excluding carboxylic acids is 1. The van der Waals surface area contributed by atoms with Crippen molar-refractivity contribution in [2.45, 2.75) is 26.1 Å². The van der Waals surface area contributed by atoms with Gasteiger partial charge in [-0.1, -0.05) is 49.4 Å². The van der Waals surface area contributed by atoms with E-state index in [0.717, 1.165) is 35.6 Å². The van der Waals surface area contributed by atoms with Crippen LogP contribution in [0.5, 0.6) is 0 Å². The number of nitrogens with zero attached hydrogens (tertiary/aromatic N) is 2. The van der Waals surface area contributed by atoms with Gasteiger partial charge in [0.25, 0.3) is 0 Å². The Labute approximate surface area is 194 Å². The Balaban J connectivity index is 0.00000225. The average Bonchev–Trinajstić information content (AvgIpc) is 3.20. The minimum absolute atomic E-state index is 0. The van der Waals surface area contributed by atoms with Gasteiger partial charge in [-0.2, -0.15) is 0 Å². The summed E-state index contributed by atoms with van der Waals surface area (Å²) in [5.41, 5.74) is 12.1. The minimum Gasteiger partial charge on any atom is -0.326 e. The number of rotatable bonds is 8. The van der Waals surface area contributed by atoms with E-state index in [1.807, 2.05) is 61.0 Å². The summed E-state index contributed by atoms with van der Waals surface area (Å²) in [5, 5.41) is 5.06. The molecule has 0 fully saturated rings. The summed E-state index contributed by atoms with van der Waals surface area (Å²) in [7, 11) is 2.06. The number of anilines is 1. The van der Waals surface area contributed by atoms with Crippen LogP contribution in [0.3, 0.4) is 0 Å². The normalized spacial score (nSPS) is 12.4. The lowest BCUT2D eigenvalue weighted by atomic mass is 9.94. The molecule has 3 N–H and O–H groups in total. The first-order valence-corrected chi connectivity index (χ1v) is 10.2. The number of hydrogen-bond acceptors (Lipinski definition) is 5. The maximum absolute atomic E-state index is 12.7. The van der Waals surface area contributed by atoms with Crippen molar-refractivity contribution >= 4 is 47.7 Å². The number of amides is 1. The predicted octanol–water partition coefficient (Wildman–Crippen LogP) is 4.89. The van der Waals surface area contributed by atoms with E-state index < -0.39 is 0 Å². The van der Waals surface area contributed by atoms with E-state index >= 15 is 0 Å². The van der Waals surface area contributed by atoms with Gasteiger partial charge in [0.2, 0.25) is 5.91 Å². The van der Waals surface area contributed by atoms with Crippen LogP contribution >= 0.6 is 36.2 Å². The van der Waals surface area contributed by atoms with Crippen molar-refractivity contribution in [2.24, 2.45) is 11.7 Å². The molecule has 1 amide bonds. The molecule has 0 aliphatic rings. The molecule has 2 atom stereocenters. The third kappa shape index (κ3) is 7.38. The highest BCUT2D eigenvalue weighted by Crippen LogP contribution is 2.21. The van der Waals surface area contributed by atoms with E-state index in [1.165, 1.54) is 0 Å². The SMILES string of the molecule is CC(C(=O)Nc1cccc(CN(C)Cc2cscn2)c1)C(N)c1ccccc1.Cl.Cl. The van der Waals surface area contributed by atoms with E-state index in [2.05, 4.69) is 33.7 Å². The topological polar surface area (TPSA) is 71.2 Å². The predicted molar refractivity (Wildman–Crippen MR) is 129 cm³/mol. The van der Waals surface area contributed by atoms with Crippen LogP contribution in [0.15, 0.2) is 65.5 Å². The van der Waals surface area contributed by atoms with E-state index in [4.69, 9.17) is 5.73 Å². The second kappa shape index (κ2) is 12.7. The third-order valence-corrected chi connectivity index (χ3v) is 5.33. The first-order chi connectivity index (χ1) is 13.5. The lowest BCUT2D eigenvalue weighted by Crippen LogP contribution is -2.30. The monoisotopic (exact) mass is 466 g/mol. The zero-order chi connectivity index (χ0) is 19.9. The number of thiazole rings is 1. The number of benzene rings is 2. The molecule has 2 unspecified atom stereocenters. The van der Waals surface area contributed by atoms with Gasteiger partial charge >= 0.3 is 0 Å². The summed E-state index contributed by atoms with van der Waals surface area (Å²) in [6, 6.07) is 17.3. The number of carbonyl (C=O) groups is 1. The van der Waals surface area contributed by atoms with Gasteiger partial charge in [-0.3, -0.25) is 9.69 Å². The van der Waals surface area contributed by atoms with E-state index in [9.17, 15) is 4.79 Å². The Morgan fingerprint density at radius 1 is 1.13 bits per heavy atom. The fourth-order valence-corrected chi connectivity index (χ4v) is 3.64. The molecule has 0 saturated carbocycles. The summed E-state index contributed by atoms with van der Waals surface area (Å²) in [5.74, 6) is -0.414. The van der Waals surface area contributed by atoms with Crippen molar-refractivity contribution in [1.29, 1.82) is 0 Å². The summed E-state index contributed by atoms with van der Waals surface area (Å²) in [4.78, 5) is 19.2. The van der Waals surface area contributed by atoms with E-state index in [0.29, 0.717) is 0 Å². The number of nitrogens with one attached hydrogen (secondary N) is 1. The molecule has 0 aliphatic carbocycles. The Morgan fingerprint density at radius 3 is 2.53 bits per heavy atom. The molecule has 0 radical (unpaired) electrons. The zero-order valence-corrected chi connectivity index (χ0v) is 19.5. The third-order valence-electron chi connectivity index (χ3n) is 4.70. The molecule has 1 heterocycles. The van der Waals surface area contributed by atoms with Gasteiger partial charge in [-0.25, -0.2) is 4.98 Å². The van der Waals surface area contributed by atoms with Gasteiger partial charge in [0.05, 0.1) is 17.1 Å². The van der Waals surface area contributed by atoms with Crippen LogP contribution in [0.2, 0.25) is 0 Å². The highest BCUT2D eigenvalue weighted by Gasteiger charge is 2.22. The molecule has 0 aliphatic heterocycles. The molecule has 0 saturated heterocycles. The van der Waals surface area contributed by atoms with Crippen LogP contribution in [0.25, 0.3) is 0 Å². The van der Waals surface area contributed by atoms with Crippen molar-refractivity contribution in [2.75, 3.05) is 12.4 Å². The molecule has 5 nitrogen and oxygen atoms in total. The summed E-state index contributed by atoms with van der Waals surface area (Å²) in [6.07, 6.45) is 0. The Kier molecular flexibility index (Phi) is 11.0. The Bertz CT molecular complexity index is 893. The van der Waals surface area contributed by atoms with Crippen molar-refractivity contribution < 1.29 is 4.79 Å². The maximum Gasteiger partial charge on any atom is 0.229 e. The molecule has 0 spiro atoms. The average molecular weight is 467 g/mol. The van der Waals surface area contributed by atoms with Crippen molar-refractivity contribution in [3.05, 3.63) is 82.3 Å². The van der Waals surface area contributed by atoms with Gasteiger partial charge < -0.3 is 11.1 Å². The number of nitrogens with two attached hydrogens (primary N) is 1. The quantitative estimate of drug-likeness (QED) is 0.495. The molecule has 8 heteroatoms.